The number of rotatable bonds is 3. The van der Waals surface area contributed by atoms with Gasteiger partial charge in [0.05, 0.1) is 5.69 Å². The Morgan fingerprint density at radius 2 is 2.27 bits per heavy atom. The number of thioether (sulfide) groups is 1. The van der Waals surface area contributed by atoms with Crippen LogP contribution in [0.5, 0.6) is 5.75 Å². The number of nitrogens with zero attached hydrogens (tertiary/aromatic N) is 1. The SMILES string of the molecule is CC(=O)SCC1CC(=O)N(c2ccc3c(c2)OCC(=O)N3)C1. The summed E-state index contributed by atoms with van der Waals surface area (Å²) in [6.45, 7) is 2.13. The first-order valence-electron chi connectivity index (χ1n) is 7.03. The van der Waals surface area contributed by atoms with Gasteiger partial charge in [0, 0.05) is 37.4 Å². The molecule has 2 amide bonds. The molecule has 22 heavy (non-hydrogen) atoms. The molecule has 0 spiro atoms. The van der Waals surface area contributed by atoms with Gasteiger partial charge in [0.15, 0.2) is 11.7 Å². The van der Waals surface area contributed by atoms with Crippen LogP contribution in [0.1, 0.15) is 13.3 Å². The lowest BCUT2D eigenvalue weighted by atomic mass is 10.1. The largest absolute Gasteiger partial charge is 0.482 e. The number of hydrogen-bond donors (Lipinski definition) is 1. The maximum atomic E-state index is 12.2. The van der Waals surface area contributed by atoms with E-state index in [9.17, 15) is 14.4 Å². The van der Waals surface area contributed by atoms with Crippen LogP contribution in [0.2, 0.25) is 0 Å². The second-order valence-corrected chi connectivity index (χ2v) is 6.59. The smallest absolute Gasteiger partial charge is 0.262 e. The lowest BCUT2D eigenvalue weighted by Crippen LogP contribution is -2.27. The summed E-state index contributed by atoms with van der Waals surface area (Å²) in [4.78, 5) is 36.2. The van der Waals surface area contributed by atoms with Crippen LogP contribution in [0.3, 0.4) is 0 Å². The number of ether oxygens (including phenoxy) is 1. The number of anilines is 2. The summed E-state index contributed by atoms with van der Waals surface area (Å²) >= 11 is 1.26. The van der Waals surface area contributed by atoms with Gasteiger partial charge in [-0.3, -0.25) is 14.4 Å². The Morgan fingerprint density at radius 1 is 1.45 bits per heavy atom. The standard InChI is InChI=1S/C15H16N2O4S/c1-9(18)22-8-10-4-15(20)17(6-10)11-2-3-12-13(5-11)21-7-14(19)16-12/h2-3,5,10H,4,6-8H2,1H3,(H,16,19). The first-order chi connectivity index (χ1) is 10.5. The Morgan fingerprint density at radius 3 is 3.05 bits per heavy atom. The molecule has 1 saturated heterocycles. The molecule has 2 aliphatic heterocycles. The maximum Gasteiger partial charge on any atom is 0.262 e. The summed E-state index contributed by atoms with van der Waals surface area (Å²) in [7, 11) is 0. The Kier molecular flexibility index (Phi) is 4.06. The van der Waals surface area contributed by atoms with Crippen molar-refractivity contribution in [1.29, 1.82) is 0 Å². The fourth-order valence-corrected chi connectivity index (χ4v) is 3.30. The summed E-state index contributed by atoms with van der Waals surface area (Å²) in [6.07, 6.45) is 0.453. The minimum atomic E-state index is -0.182. The van der Waals surface area contributed by atoms with Crippen LogP contribution in [-0.4, -0.2) is 35.8 Å². The molecular formula is C15H16N2O4S. The summed E-state index contributed by atoms with van der Waals surface area (Å²) in [6, 6.07) is 5.31. The van der Waals surface area contributed by atoms with Crippen molar-refractivity contribution in [3.05, 3.63) is 18.2 Å². The van der Waals surface area contributed by atoms with Gasteiger partial charge < -0.3 is 15.0 Å². The summed E-state index contributed by atoms with van der Waals surface area (Å²) in [5.74, 6) is 1.28. The van der Waals surface area contributed by atoms with Crippen molar-refractivity contribution < 1.29 is 19.1 Å². The molecule has 0 bridgehead atoms. The van der Waals surface area contributed by atoms with Crippen molar-refractivity contribution in [2.24, 2.45) is 5.92 Å². The van der Waals surface area contributed by atoms with Crippen LogP contribution in [-0.2, 0) is 14.4 Å². The molecule has 1 aromatic carbocycles. The Hall–Kier alpha value is -2.02. The third kappa shape index (κ3) is 3.09. The number of benzene rings is 1. The van der Waals surface area contributed by atoms with E-state index in [-0.39, 0.29) is 29.5 Å². The van der Waals surface area contributed by atoms with Crippen LogP contribution < -0.4 is 15.0 Å². The van der Waals surface area contributed by atoms with E-state index in [0.717, 1.165) is 5.69 Å². The Balaban J connectivity index is 1.73. The predicted molar refractivity (Wildman–Crippen MR) is 84.2 cm³/mol. The molecule has 1 N–H and O–H groups in total. The highest BCUT2D eigenvalue weighted by Gasteiger charge is 2.31. The van der Waals surface area contributed by atoms with Gasteiger partial charge in [0.25, 0.3) is 5.91 Å². The minimum Gasteiger partial charge on any atom is -0.482 e. The number of carbonyl (C=O) groups is 3. The third-order valence-electron chi connectivity index (χ3n) is 3.64. The summed E-state index contributed by atoms with van der Waals surface area (Å²) in [5.41, 5.74) is 1.38. The highest BCUT2D eigenvalue weighted by Crippen LogP contribution is 2.35. The second kappa shape index (κ2) is 6.00. The summed E-state index contributed by atoms with van der Waals surface area (Å²) < 4.78 is 5.38. The molecule has 3 rings (SSSR count). The van der Waals surface area contributed by atoms with Crippen molar-refractivity contribution in [2.75, 3.05) is 29.1 Å². The number of nitrogens with one attached hydrogen (secondary N) is 1. The van der Waals surface area contributed by atoms with Crippen LogP contribution in [0.4, 0.5) is 11.4 Å². The van der Waals surface area contributed by atoms with Gasteiger partial charge in [0.2, 0.25) is 5.91 Å². The maximum absolute atomic E-state index is 12.2. The number of amides is 2. The predicted octanol–water partition coefficient (Wildman–Crippen LogP) is 1.65. The topological polar surface area (TPSA) is 75.7 Å². The van der Waals surface area contributed by atoms with Gasteiger partial charge in [-0.05, 0) is 18.1 Å². The van der Waals surface area contributed by atoms with E-state index in [4.69, 9.17) is 4.74 Å². The monoisotopic (exact) mass is 320 g/mol. The van der Waals surface area contributed by atoms with E-state index < -0.39 is 0 Å². The molecule has 1 unspecified atom stereocenters. The lowest BCUT2D eigenvalue weighted by Gasteiger charge is -2.22. The van der Waals surface area contributed by atoms with E-state index in [1.165, 1.54) is 18.7 Å². The molecule has 2 heterocycles. The molecule has 7 heteroatoms. The molecule has 0 saturated carbocycles. The quantitative estimate of drug-likeness (QED) is 0.916. The zero-order valence-corrected chi connectivity index (χ0v) is 12.9. The van der Waals surface area contributed by atoms with Crippen molar-refractivity contribution in [2.45, 2.75) is 13.3 Å². The van der Waals surface area contributed by atoms with Crippen molar-refractivity contribution in [1.82, 2.24) is 0 Å². The summed E-state index contributed by atoms with van der Waals surface area (Å²) in [5, 5.41) is 2.80. The van der Waals surface area contributed by atoms with Crippen LogP contribution in [0.15, 0.2) is 18.2 Å². The van der Waals surface area contributed by atoms with Crippen molar-refractivity contribution in [3.8, 4) is 5.75 Å². The zero-order valence-electron chi connectivity index (χ0n) is 12.1. The average molecular weight is 320 g/mol. The van der Waals surface area contributed by atoms with Gasteiger partial charge >= 0.3 is 0 Å². The molecule has 0 aromatic heterocycles. The highest BCUT2D eigenvalue weighted by molar-refractivity contribution is 8.13. The third-order valence-corrected chi connectivity index (χ3v) is 4.68. The molecule has 1 atom stereocenters. The van der Waals surface area contributed by atoms with Crippen LogP contribution >= 0.6 is 11.8 Å². The van der Waals surface area contributed by atoms with Gasteiger partial charge in [0.1, 0.15) is 5.75 Å². The van der Waals surface area contributed by atoms with Crippen molar-refractivity contribution in [3.63, 3.8) is 0 Å². The molecular weight excluding hydrogens is 304 g/mol. The Labute approximate surface area is 132 Å². The van der Waals surface area contributed by atoms with E-state index >= 15 is 0 Å². The molecule has 6 nitrogen and oxygen atoms in total. The number of carbonyl (C=O) groups excluding carboxylic acids is 3. The molecule has 2 aliphatic rings. The molecule has 1 fully saturated rings. The normalized spacial score (nSPS) is 20.4. The highest BCUT2D eigenvalue weighted by atomic mass is 32.2. The number of fused-ring (bicyclic) bond motifs is 1. The van der Waals surface area contributed by atoms with Gasteiger partial charge in [-0.1, -0.05) is 11.8 Å². The second-order valence-electron chi connectivity index (χ2n) is 5.39. The fourth-order valence-electron chi connectivity index (χ4n) is 2.61. The first kappa shape index (κ1) is 14.9. The van der Waals surface area contributed by atoms with Gasteiger partial charge in [-0.15, -0.1) is 0 Å². The van der Waals surface area contributed by atoms with E-state index in [2.05, 4.69) is 5.32 Å². The molecule has 0 aliphatic carbocycles. The molecule has 116 valence electrons. The first-order valence-corrected chi connectivity index (χ1v) is 8.02. The van der Waals surface area contributed by atoms with Gasteiger partial charge in [-0.25, -0.2) is 0 Å². The van der Waals surface area contributed by atoms with E-state index in [1.54, 1.807) is 23.1 Å². The Bertz CT molecular complexity index is 646. The lowest BCUT2D eigenvalue weighted by molar-refractivity contribution is -0.119. The van der Waals surface area contributed by atoms with Gasteiger partial charge in [-0.2, -0.15) is 0 Å². The fraction of sp³-hybridized carbons (Fsp3) is 0.400. The van der Waals surface area contributed by atoms with E-state index in [0.29, 0.717) is 30.2 Å². The minimum absolute atomic E-state index is 0.0116. The molecule has 1 aromatic rings. The molecule has 0 radical (unpaired) electrons. The number of hydrogen-bond acceptors (Lipinski definition) is 5. The zero-order chi connectivity index (χ0) is 15.7. The van der Waals surface area contributed by atoms with Crippen LogP contribution in [0, 0.1) is 5.92 Å². The van der Waals surface area contributed by atoms with Crippen LogP contribution in [0.25, 0.3) is 0 Å². The average Bonchev–Trinajstić information content (AvgIpc) is 2.85. The van der Waals surface area contributed by atoms with E-state index in [1.807, 2.05) is 0 Å². The van der Waals surface area contributed by atoms with Crippen molar-refractivity contribution >= 4 is 40.1 Å².